The quantitative estimate of drug-likeness (QED) is 0.650. The van der Waals surface area contributed by atoms with E-state index in [0.717, 1.165) is 0 Å². The number of nitrogens with one attached hydrogen (secondary N) is 1. The summed E-state index contributed by atoms with van der Waals surface area (Å²) >= 11 is 0. The van der Waals surface area contributed by atoms with E-state index in [9.17, 15) is 8.78 Å². The van der Waals surface area contributed by atoms with Crippen molar-refractivity contribution in [2.75, 3.05) is 7.11 Å². The molecule has 2 aromatic rings. The van der Waals surface area contributed by atoms with Gasteiger partial charge >= 0.3 is 0 Å². The predicted molar refractivity (Wildman–Crippen MR) is 70.9 cm³/mol. The predicted octanol–water partition coefficient (Wildman–Crippen LogP) is 2.12. The van der Waals surface area contributed by atoms with Crippen molar-refractivity contribution in [3.8, 4) is 5.75 Å². The first kappa shape index (κ1) is 14.4. The summed E-state index contributed by atoms with van der Waals surface area (Å²) < 4.78 is 32.6. The summed E-state index contributed by atoms with van der Waals surface area (Å²) in [5.74, 6) is 4.81. The van der Waals surface area contributed by atoms with Crippen LogP contribution < -0.4 is 16.0 Å². The number of hydrogen-bond donors (Lipinski definition) is 2. The number of pyridine rings is 1. The van der Waals surface area contributed by atoms with Crippen molar-refractivity contribution in [1.29, 1.82) is 0 Å². The molecule has 0 aliphatic rings. The molecule has 0 saturated carbocycles. The third-order valence-electron chi connectivity index (χ3n) is 3.08. The zero-order valence-electron chi connectivity index (χ0n) is 10.9. The molecule has 0 radical (unpaired) electrons. The molecule has 4 nitrogen and oxygen atoms in total. The topological polar surface area (TPSA) is 60.2 Å². The first-order chi connectivity index (χ1) is 9.67. The van der Waals surface area contributed by atoms with E-state index >= 15 is 0 Å². The largest absolute Gasteiger partial charge is 0.495 e. The molecule has 20 heavy (non-hydrogen) atoms. The first-order valence-corrected chi connectivity index (χ1v) is 6.04. The maximum atomic E-state index is 13.7. The van der Waals surface area contributed by atoms with E-state index in [1.54, 1.807) is 12.3 Å². The van der Waals surface area contributed by atoms with E-state index < -0.39 is 17.7 Å². The normalized spacial score (nSPS) is 12.2. The van der Waals surface area contributed by atoms with Crippen LogP contribution in [0, 0.1) is 11.6 Å². The Balaban J connectivity index is 2.34. The highest BCUT2D eigenvalue weighted by molar-refractivity contribution is 5.34. The Labute approximate surface area is 115 Å². The number of methoxy groups -OCH3 is 1. The summed E-state index contributed by atoms with van der Waals surface area (Å²) in [6.45, 7) is 0. The Morgan fingerprint density at radius 3 is 2.60 bits per heavy atom. The zero-order chi connectivity index (χ0) is 14.5. The summed E-state index contributed by atoms with van der Waals surface area (Å²) in [5.41, 5.74) is 3.22. The maximum absolute atomic E-state index is 13.7. The van der Waals surface area contributed by atoms with Crippen molar-refractivity contribution >= 4 is 0 Å². The molecule has 6 heteroatoms. The number of hydrazine groups is 1. The van der Waals surface area contributed by atoms with Crippen LogP contribution in [0.15, 0.2) is 36.7 Å². The molecule has 1 heterocycles. The Morgan fingerprint density at radius 1 is 1.30 bits per heavy atom. The average Bonchev–Trinajstić information content (AvgIpc) is 2.47. The van der Waals surface area contributed by atoms with Crippen molar-refractivity contribution in [2.24, 2.45) is 5.84 Å². The van der Waals surface area contributed by atoms with Gasteiger partial charge in [0.15, 0.2) is 0 Å². The van der Waals surface area contributed by atoms with Crippen molar-refractivity contribution in [3.05, 3.63) is 59.4 Å². The van der Waals surface area contributed by atoms with Crippen LogP contribution in [0.2, 0.25) is 0 Å². The minimum atomic E-state index is -0.599. The highest BCUT2D eigenvalue weighted by atomic mass is 19.1. The van der Waals surface area contributed by atoms with Crippen LogP contribution in [-0.2, 0) is 6.42 Å². The lowest BCUT2D eigenvalue weighted by atomic mass is 9.99. The second-order valence-corrected chi connectivity index (χ2v) is 4.24. The van der Waals surface area contributed by atoms with Gasteiger partial charge in [-0.3, -0.25) is 16.3 Å². The summed E-state index contributed by atoms with van der Waals surface area (Å²) in [4.78, 5) is 3.93. The number of nitrogens with two attached hydrogens (primary N) is 1. The summed E-state index contributed by atoms with van der Waals surface area (Å²) in [7, 11) is 1.50. The Bertz CT molecular complexity index is 572. The van der Waals surface area contributed by atoms with Gasteiger partial charge in [-0.15, -0.1) is 0 Å². The van der Waals surface area contributed by atoms with Crippen LogP contribution in [0.3, 0.4) is 0 Å². The molecule has 0 fully saturated rings. The zero-order valence-corrected chi connectivity index (χ0v) is 10.9. The molecule has 0 bridgehead atoms. The van der Waals surface area contributed by atoms with Crippen LogP contribution in [0.25, 0.3) is 0 Å². The van der Waals surface area contributed by atoms with E-state index in [4.69, 9.17) is 10.6 Å². The van der Waals surface area contributed by atoms with Gasteiger partial charge in [0, 0.05) is 17.3 Å². The van der Waals surface area contributed by atoms with E-state index in [0.29, 0.717) is 11.3 Å². The molecule has 1 unspecified atom stereocenters. The average molecular weight is 279 g/mol. The van der Waals surface area contributed by atoms with E-state index in [1.165, 1.54) is 31.5 Å². The highest BCUT2D eigenvalue weighted by Gasteiger charge is 2.19. The van der Waals surface area contributed by atoms with Crippen LogP contribution in [0.5, 0.6) is 5.75 Å². The molecule has 0 aliphatic carbocycles. The lowest BCUT2D eigenvalue weighted by Gasteiger charge is -2.19. The molecule has 1 atom stereocenters. The standard InChI is InChI=1S/C14H15F2N3O/c1-20-14-8-18-6-5-9(14)13(19-17)7-10-11(15)3-2-4-12(10)16/h2-6,8,13,19H,7,17H2,1H3. The first-order valence-electron chi connectivity index (χ1n) is 6.04. The Morgan fingerprint density at radius 2 is 2.00 bits per heavy atom. The number of ether oxygens (including phenoxy) is 1. The minimum absolute atomic E-state index is 0.0192. The number of nitrogens with zero attached hydrogens (tertiary/aromatic N) is 1. The fraction of sp³-hybridized carbons (Fsp3) is 0.214. The molecule has 1 aromatic heterocycles. The summed E-state index contributed by atoms with van der Waals surface area (Å²) in [6.07, 6.45) is 3.16. The van der Waals surface area contributed by atoms with Crippen molar-refractivity contribution in [2.45, 2.75) is 12.5 Å². The molecule has 106 valence electrons. The number of halogens is 2. The fourth-order valence-corrected chi connectivity index (χ4v) is 2.04. The monoisotopic (exact) mass is 279 g/mol. The third-order valence-corrected chi connectivity index (χ3v) is 3.08. The van der Waals surface area contributed by atoms with Crippen LogP contribution in [0.4, 0.5) is 8.78 Å². The molecule has 0 spiro atoms. The summed E-state index contributed by atoms with van der Waals surface area (Å²) in [5, 5.41) is 0. The van der Waals surface area contributed by atoms with Gasteiger partial charge in [0.1, 0.15) is 17.4 Å². The number of aromatic nitrogens is 1. The van der Waals surface area contributed by atoms with Crippen LogP contribution in [0.1, 0.15) is 17.2 Å². The van der Waals surface area contributed by atoms with Gasteiger partial charge in [-0.25, -0.2) is 8.78 Å². The van der Waals surface area contributed by atoms with Gasteiger partial charge in [0.05, 0.1) is 19.3 Å². The molecule has 0 saturated heterocycles. The SMILES string of the molecule is COc1cnccc1C(Cc1c(F)cccc1F)NN. The number of rotatable bonds is 5. The Kier molecular flexibility index (Phi) is 4.60. The van der Waals surface area contributed by atoms with Gasteiger partial charge in [-0.2, -0.15) is 0 Å². The molecule has 2 rings (SSSR count). The second kappa shape index (κ2) is 6.40. The smallest absolute Gasteiger partial charge is 0.141 e. The molecule has 0 aliphatic heterocycles. The molecule has 1 aromatic carbocycles. The Hall–Kier alpha value is -2.05. The van der Waals surface area contributed by atoms with Crippen LogP contribution >= 0.6 is 0 Å². The lowest BCUT2D eigenvalue weighted by Crippen LogP contribution is -2.30. The molecule has 3 N–H and O–H groups in total. The maximum Gasteiger partial charge on any atom is 0.141 e. The van der Waals surface area contributed by atoms with E-state index in [-0.39, 0.29) is 12.0 Å². The number of hydrogen-bond acceptors (Lipinski definition) is 4. The fourth-order valence-electron chi connectivity index (χ4n) is 2.04. The molecular formula is C14H15F2N3O. The van der Waals surface area contributed by atoms with Crippen molar-refractivity contribution in [3.63, 3.8) is 0 Å². The van der Waals surface area contributed by atoms with E-state index in [2.05, 4.69) is 10.4 Å². The molecule has 0 amide bonds. The lowest BCUT2D eigenvalue weighted by molar-refractivity contribution is 0.395. The van der Waals surface area contributed by atoms with Gasteiger partial charge in [-0.1, -0.05) is 6.07 Å². The van der Waals surface area contributed by atoms with Gasteiger partial charge < -0.3 is 4.74 Å². The van der Waals surface area contributed by atoms with Crippen LogP contribution in [-0.4, -0.2) is 12.1 Å². The second-order valence-electron chi connectivity index (χ2n) is 4.24. The molecular weight excluding hydrogens is 264 g/mol. The number of benzene rings is 1. The summed E-state index contributed by atoms with van der Waals surface area (Å²) in [6, 6.07) is 4.97. The minimum Gasteiger partial charge on any atom is -0.495 e. The van der Waals surface area contributed by atoms with Crippen molar-refractivity contribution < 1.29 is 13.5 Å². The van der Waals surface area contributed by atoms with E-state index in [1.807, 2.05) is 0 Å². The van der Waals surface area contributed by atoms with Gasteiger partial charge in [0.2, 0.25) is 0 Å². The third kappa shape index (κ3) is 2.92. The highest BCUT2D eigenvalue weighted by Crippen LogP contribution is 2.27. The van der Waals surface area contributed by atoms with Gasteiger partial charge in [-0.05, 0) is 24.6 Å². The van der Waals surface area contributed by atoms with Gasteiger partial charge in [0.25, 0.3) is 0 Å². The van der Waals surface area contributed by atoms with Crippen molar-refractivity contribution in [1.82, 2.24) is 10.4 Å².